The van der Waals surface area contributed by atoms with Gasteiger partial charge < -0.3 is 15.5 Å². The molecule has 1 amide bonds. The number of aryl methyl sites for hydroxylation is 1. The first-order chi connectivity index (χ1) is 12.5. The lowest BCUT2D eigenvalue weighted by molar-refractivity contribution is -0.125. The molecule has 0 saturated carbocycles. The molecule has 3 rings (SSSR count). The number of rotatable bonds is 6. The minimum Gasteiger partial charge on any atom is -0.370 e. The zero-order chi connectivity index (χ0) is 18.6. The summed E-state index contributed by atoms with van der Waals surface area (Å²) in [7, 11) is 2.10. The zero-order valence-electron chi connectivity index (χ0n) is 16.6. The number of nitrogens with zero attached hydrogens (tertiary/aromatic N) is 2. The predicted octanol–water partition coefficient (Wildman–Crippen LogP) is 2.01. The van der Waals surface area contributed by atoms with Gasteiger partial charge in [0.15, 0.2) is 0 Å². The van der Waals surface area contributed by atoms with Gasteiger partial charge in [-0.15, -0.1) is 0 Å². The van der Waals surface area contributed by atoms with E-state index >= 15 is 0 Å². The van der Waals surface area contributed by atoms with E-state index in [0.29, 0.717) is 12.0 Å². The van der Waals surface area contributed by atoms with Crippen molar-refractivity contribution in [3.63, 3.8) is 0 Å². The normalized spacial score (nSPS) is 22.5. The molecule has 2 aliphatic heterocycles. The summed E-state index contributed by atoms with van der Waals surface area (Å²) in [5, 5.41) is 6.63. The van der Waals surface area contributed by atoms with E-state index in [2.05, 4.69) is 65.6 Å². The van der Waals surface area contributed by atoms with E-state index in [-0.39, 0.29) is 11.9 Å². The number of likely N-dealkylation sites (N-methyl/N-ethyl adjacent to an activating group) is 2. The van der Waals surface area contributed by atoms with Gasteiger partial charge in [0, 0.05) is 31.9 Å². The Kier molecular flexibility index (Phi) is 6.20. The summed E-state index contributed by atoms with van der Waals surface area (Å²) in [6.45, 7) is 9.99. The number of piperidine rings is 1. The van der Waals surface area contributed by atoms with E-state index in [1.165, 1.54) is 24.1 Å². The lowest BCUT2D eigenvalue weighted by Gasteiger charge is -2.33. The number of hydrogen-bond acceptors (Lipinski definition) is 4. The molecule has 2 fully saturated rings. The first-order valence-corrected chi connectivity index (χ1v) is 10.0. The third kappa shape index (κ3) is 4.38. The molecule has 1 aromatic rings. The summed E-state index contributed by atoms with van der Waals surface area (Å²) >= 11 is 0. The maximum atomic E-state index is 12.8. The Morgan fingerprint density at radius 3 is 2.85 bits per heavy atom. The van der Waals surface area contributed by atoms with Crippen LogP contribution in [0.25, 0.3) is 0 Å². The second-order valence-corrected chi connectivity index (χ2v) is 8.09. The Hall–Kier alpha value is -1.59. The van der Waals surface area contributed by atoms with Crippen molar-refractivity contribution in [2.45, 2.75) is 39.2 Å². The molecule has 5 nitrogen and oxygen atoms in total. The van der Waals surface area contributed by atoms with Crippen molar-refractivity contribution in [3.8, 4) is 0 Å². The molecule has 2 aliphatic rings. The van der Waals surface area contributed by atoms with Crippen LogP contribution in [0.4, 0.5) is 5.69 Å². The van der Waals surface area contributed by atoms with Gasteiger partial charge in [0.2, 0.25) is 5.91 Å². The molecule has 26 heavy (non-hydrogen) atoms. The summed E-state index contributed by atoms with van der Waals surface area (Å²) in [6.07, 6.45) is 3.39. The lowest BCUT2D eigenvalue weighted by Crippen LogP contribution is -2.44. The van der Waals surface area contributed by atoms with Crippen molar-refractivity contribution >= 4 is 11.6 Å². The maximum Gasteiger partial charge on any atom is 0.237 e. The summed E-state index contributed by atoms with van der Waals surface area (Å²) in [4.78, 5) is 17.3. The molecule has 0 aliphatic carbocycles. The van der Waals surface area contributed by atoms with Crippen LogP contribution in [0.3, 0.4) is 0 Å². The zero-order valence-corrected chi connectivity index (χ0v) is 16.6. The van der Waals surface area contributed by atoms with E-state index in [1.54, 1.807) is 0 Å². The monoisotopic (exact) mass is 358 g/mol. The molecular formula is C21H34N4O. The fraction of sp³-hybridized carbons (Fsp3) is 0.667. The lowest BCUT2D eigenvalue weighted by atomic mass is 9.77. The van der Waals surface area contributed by atoms with Crippen LogP contribution in [0.5, 0.6) is 0 Å². The van der Waals surface area contributed by atoms with E-state index in [1.807, 2.05) is 0 Å². The van der Waals surface area contributed by atoms with Gasteiger partial charge in [0.25, 0.3) is 0 Å². The Balaban J connectivity index is 1.50. The minimum atomic E-state index is 0.0298. The van der Waals surface area contributed by atoms with Crippen LogP contribution in [-0.4, -0.2) is 63.2 Å². The molecule has 0 bridgehead atoms. The van der Waals surface area contributed by atoms with Gasteiger partial charge in [-0.3, -0.25) is 9.69 Å². The average molecular weight is 359 g/mol. The number of benzene rings is 1. The average Bonchev–Trinajstić information content (AvgIpc) is 2.95. The number of carbonyl (C=O) groups excluding carboxylic acids is 1. The largest absolute Gasteiger partial charge is 0.370 e. The fourth-order valence-corrected chi connectivity index (χ4v) is 4.61. The Morgan fingerprint density at radius 2 is 2.15 bits per heavy atom. The van der Waals surface area contributed by atoms with Crippen molar-refractivity contribution in [2.75, 3.05) is 51.2 Å². The number of carbonyl (C=O) groups is 1. The van der Waals surface area contributed by atoms with Crippen LogP contribution in [0.2, 0.25) is 0 Å². The van der Waals surface area contributed by atoms with Crippen molar-refractivity contribution in [1.29, 1.82) is 0 Å². The fourth-order valence-electron chi connectivity index (χ4n) is 4.61. The summed E-state index contributed by atoms with van der Waals surface area (Å²) in [5.41, 5.74) is 2.84. The number of anilines is 1. The molecule has 0 unspecified atom stereocenters. The van der Waals surface area contributed by atoms with Gasteiger partial charge in [0.05, 0.1) is 6.04 Å². The minimum absolute atomic E-state index is 0.0298. The number of hydrogen-bond donors (Lipinski definition) is 2. The van der Waals surface area contributed by atoms with E-state index < -0.39 is 0 Å². The van der Waals surface area contributed by atoms with Crippen LogP contribution < -0.4 is 15.5 Å². The molecule has 0 radical (unpaired) electrons. The number of nitrogens with one attached hydrogen (secondary N) is 2. The van der Waals surface area contributed by atoms with Gasteiger partial charge in [-0.1, -0.05) is 12.1 Å². The van der Waals surface area contributed by atoms with E-state index in [4.69, 9.17) is 0 Å². The second-order valence-electron chi connectivity index (χ2n) is 8.09. The smallest absolute Gasteiger partial charge is 0.237 e. The van der Waals surface area contributed by atoms with Gasteiger partial charge in [0.1, 0.15) is 0 Å². The van der Waals surface area contributed by atoms with Crippen molar-refractivity contribution in [1.82, 2.24) is 15.5 Å². The van der Waals surface area contributed by atoms with Crippen molar-refractivity contribution in [2.24, 2.45) is 5.41 Å². The standard InChI is InChI=1S/C21H34N4O/c1-4-25(18-7-5-6-17(2)14-18)13-12-23-20(26)19-15-21(16-24(19)3)8-10-22-11-9-21/h5-7,14,19,22H,4,8-13,15-16H2,1-3H3,(H,23,26)/t19-/m1/s1. The highest BCUT2D eigenvalue weighted by Crippen LogP contribution is 2.41. The third-order valence-electron chi connectivity index (χ3n) is 6.14. The van der Waals surface area contributed by atoms with Gasteiger partial charge >= 0.3 is 0 Å². The van der Waals surface area contributed by atoms with Crippen molar-refractivity contribution in [3.05, 3.63) is 29.8 Å². The van der Waals surface area contributed by atoms with Crippen LogP contribution in [0.15, 0.2) is 24.3 Å². The molecule has 1 aromatic carbocycles. The molecule has 144 valence electrons. The quantitative estimate of drug-likeness (QED) is 0.817. The third-order valence-corrected chi connectivity index (χ3v) is 6.14. The molecule has 1 atom stereocenters. The number of likely N-dealkylation sites (tertiary alicyclic amines) is 1. The number of amides is 1. The molecule has 0 aromatic heterocycles. The van der Waals surface area contributed by atoms with Crippen LogP contribution in [0, 0.1) is 12.3 Å². The molecule has 2 N–H and O–H groups in total. The van der Waals surface area contributed by atoms with Gasteiger partial charge in [-0.25, -0.2) is 0 Å². The molecule has 5 heteroatoms. The summed E-state index contributed by atoms with van der Waals surface area (Å²) < 4.78 is 0. The Labute approximate surface area is 158 Å². The molecule has 2 heterocycles. The van der Waals surface area contributed by atoms with Crippen LogP contribution in [0.1, 0.15) is 31.7 Å². The predicted molar refractivity (Wildman–Crippen MR) is 108 cm³/mol. The summed E-state index contributed by atoms with van der Waals surface area (Å²) in [6, 6.07) is 8.59. The molecular weight excluding hydrogens is 324 g/mol. The maximum absolute atomic E-state index is 12.8. The molecule has 2 saturated heterocycles. The topological polar surface area (TPSA) is 47.6 Å². The SMILES string of the molecule is CCN(CCNC(=O)[C@H]1CC2(CCNCC2)CN1C)c1cccc(C)c1. The van der Waals surface area contributed by atoms with Crippen LogP contribution in [-0.2, 0) is 4.79 Å². The van der Waals surface area contributed by atoms with Gasteiger partial charge in [-0.2, -0.15) is 0 Å². The molecule has 1 spiro atoms. The van der Waals surface area contributed by atoms with Crippen LogP contribution >= 0.6 is 0 Å². The highest BCUT2D eigenvalue weighted by molar-refractivity contribution is 5.82. The van der Waals surface area contributed by atoms with E-state index in [9.17, 15) is 4.79 Å². The van der Waals surface area contributed by atoms with E-state index in [0.717, 1.165) is 39.1 Å². The first kappa shape index (κ1) is 19.2. The summed E-state index contributed by atoms with van der Waals surface area (Å²) in [5.74, 6) is 0.197. The highest BCUT2D eigenvalue weighted by Gasteiger charge is 2.45. The second kappa shape index (κ2) is 8.40. The first-order valence-electron chi connectivity index (χ1n) is 10.0. The Bertz CT molecular complexity index is 612. The Morgan fingerprint density at radius 1 is 1.38 bits per heavy atom. The van der Waals surface area contributed by atoms with Gasteiger partial charge in [-0.05, 0) is 76.4 Å². The van der Waals surface area contributed by atoms with Crippen molar-refractivity contribution < 1.29 is 4.79 Å². The highest BCUT2D eigenvalue weighted by atomic mass is 16.2.